The summed E-state index contributed by atoms with van der Waals surface area (Å²) >= 11 is -0.0208. The summed E-state index contributed by atoms with van der Waals surface area (Å²) in [5, 5.41) is 0. The number of hydrogen-bond acceptors (Lipinski definition) is 0. The minimum absolute atomic E-state index is 0.0208. The van der Waals surface area contributed by atoms with Gasteiger partial charge < -0.3 is 17.3 Å². The molecule has 0 amide bonds. The van der Waals surface area contributed by atoms with Crippen molar-refractivity contribution in [1.82, 2.24) is 0 Å². The Hall–Kier alpha value is -1.05. The van der Waals surface area contributed by atoms with Gasteiger partial charge in [-0.2, -0.15) is 0 Å². The van der Waals surface area contributed by atoms with Crippen LogP contribution in [0.15, 0.2) is 54.6 Å². The van der Waals surface area contributed by atoms with Crippen LogP contribution in [0, 0.1) is 7.14 Å². The molecule has 0 aliphatic carbocycles. The van der Waals surface area contributed by atoms with Crippen molar-refractivity contribution in [3.05, 3.63) is 67.3 Å². The lowest BCUT2D eigenvalue weighted by Crippen LogP contribution is -3.61. The van der Waals surface area contributed by atoms with E-state index >= 15 is 0 Å². The van der Waals surface area contributed by atoms with Crippen molar-refractivity contribution in [1.29, 1.82) is 0 Å². The summed E-state index contributed by atoms with van der Waals surface area (Å²) in [5.41, 5.74) is 1.67. The van der Waals surface area contributed by atoms with Gasteiger partial charge in [-0.05, 0) is 35.2 Å². The standard InChI is InChI=1S/C16H18I.BF4/c1-16(2,3)13-9-11-15(12-10-13)17-14-7-5-4-6-8-14;2-1(3,4)5/h4-12H,1-3H3;/q+1;-1. The lowest BCUT2D eigenvalue weighted by molar-refractivity contribution is -0.597. The Morgan fingerprint density at radius 1 is 0.727 bits per heavy atom. The molecule has 0 spiro atoms. The Kier molecular flexibility index (Phi) is 6.90. The molecule has 2 aromatic carbocycles. The van der Waals surface area contributed by atoms with Crippen LogP contribution < -0.4 is 21.2 Å². The molecule has 6 heteroatoms. The second kappa shape index (κ2) is 7.99. The van der Waals surface area contributed by atoms with Gasteiger partial charge in [0.15, 0.2) is 7.14 Å². The van der Waals surface area contributed by atoms with Gasteiger partial charge >= 0.3 is 28.5 Å². The first-order valence-electron chi connectivity index (χ1n) is 6.73. The molecule has 0 bridgehead atoms. The molecule has 0 aliphatic heterocycles. The van der Waals surface area contributed by atoms with Gasteiger partial charge in [-0.3, -0.25) is 0 Å². The molecule has 0 saturated carbocycles. The molecule has 2 aromatic rings. The second-order valence-electron chi connectivity index (χ2n) is 5.64. The molecule has 0 aromatic heterocycles. The van der Waals surface area contributed by atoms with Gasteiger partial charge in [-0.1, -0.05) is 51.1 Å². The Bertz CT molecular complexity index is 553. The first-order valence-corrected chi connectivity index (χ1v) is 8.89. The third kappa shape index (κ3) is 8.41. The van der Waals surface area contributed by atoms with Crippen molar-refractivity contribution in [3.8, 4) is 0 Å². The highest BCUT2D eigenvalue weighted by molar-refractivity contribution is 6.50. The minimum Gasteiger partial charge on any atom is -0.418 e. The average molecular weight is 424 g/mol. The third-order valence-electron chi connectivity index (χ3n) is 2.66. The van der Waals surface area contributed by atoms with E-state index in [4.69, 9.17) is 0 Å². The highest BCUT2D eigenvalue weighted by Gasteiger charge is 2.20. The van der Waals surface area contributed by atoms with Crippen LogP contribution in [0.5, 0.6) is 0 Å². The Morgan fingerprint density at radius 2 is 1.14 bits per heavy atom. The Morgan fingerprint density at radius 3 is 1.55 bits per heavy atom. The molecular formula is C16H18BF4I. The van der Waals surface area contributed by atoms with Crippen LogP contribution in [0.3, 0.4) is 0 Å². The summed E-state index contributed by atoms with van der Waals surface area (Å²) in [4.78, 5) is 0. The zero-order valence-electron chi connectivity index (χ0n) is 12.7. The summed E-state index contributed by atoms with van der Waals surface area (Å²) in [7, 11) is -6.00. The number of rotatable bonds is 2. The van der Waals surface area contributed by atoms with E-state index in [-0.39, 0.29) is 26.6 Å². The normalized spacial score (nSPS) is 11.6. The van der Waals surface area contributed by atoms with E-state index in [0.717, 1.165) is 0 Å². The molecular weight excluding hydrogens is 406 g/mol. The summed E-state index contributed by atoms with van der Waals surface area (Å²) in [6.07, 6.45) is 0. The van der Waals surface area contributed by atoms with Crippen molar-refractivity contribution in [2.45, 2.75) is 26.2 Å². The maximum atomic E-state index is 9.75. The molecule has 0 atom stereocenters. The monoisotopic (exact) mass is 424 g/mol. The van der Waals surface area contributed by atoms with E-state index in [2.05, 4.69) is 75.4 Å². The zero-order valence-corrected chi connectivity index (χ0v) is 14.8. The van der Waals surface area contributed by atoms with Crippen LogP contribution >= 0.6 is 0 Å². The van der Waals surface area contributed by atoms with Gasteiger partial charge in [0.25, 0.3) is 0 Å². The Balaban J connectivity index is 0.000000422. The van der Waals surface area contributed by atoms with Crippen LogP contribution in [0.4, 0.5) is 17.3 Å². The van der Waals surface area contributed by atoms with Crippen LogP contribution in [-0.4, -0.2) is 7.25 Å². The predicted octanol–water partition coefficient (Wildman–Crippen LogP) is 2.41. The molecule has 0 heterocycles. The van der Waals surface area contributed by atoms with Gasteiger partial charge in [0, 0.05) is 0 Å². The molecule has 120 valence electrons. The summed E-state index contributed by atoms with van der Waals surface area (Å²) in [6.45, 7) is 6.77. The van der Waals surface area contributed by atoms with E-state index in [1.165, 1.54) is 12.7 Å². The van der Waals surface area contributed by atoms with Gasteiger partial charge in [-0.15, -0.1) is 0 Å². The van der Waals surface area contributed by atoms with E-state index < -0.39 is 7.25 Å². The third-order valence-corrected chi connectivity index (χ3v) is 5.35. The molecule has 0 unspecified atom stereocenters. The number of benzene rings is 2. The van der Waals surface area contributed by atoms with Crippen LogP contribution in [0.25, 0.3) is 0 Å². The quantitative estimate of drug-likeness (QED) is 0.395. The van der Waals surface area contributed by atoms with Crippen molar-refractivity contribution < 1.29 is 38.5 Å². The van der Waals surface area contributed by atoms with Crippen molar-refractivity contribution in [2.75, 3.05) is 0 Å². The van der Waals surface area contributed by atoms with Crippen molar-refractivity contribution >= 4 is 7.25 Å². The van der Waals surface area contributed by atoms with Gasteiger partial charge in [0.1, 0.15) is 0 Å². The fraction of sp³-hybridized carbons (Fsp3) is 0.250. The molecule has 0 radical (unpaired) electrons. The fourth-order valence-electron chi connectivity index (χ4n) is 1.62. The van der Waals surface area contributed by atoms with E-state index in [9.17, 15) is 17.3 Å². The average Bonchev–Trinajstić information content (AvgIpc) is 2.37. The second-order valence-corrected chi connectivity index (χ2v) is 8.67. The molecule has 0 saturated heterocycles. The summed E-state index contributed by atoms with van der Waals surface area (Å²) in [5.74, 6) is 0. The van der Waals surface area contributed by atoms with Gasteiger partial charge in [-0.25, -0.2) is 0 Å². The van der Waals surface area contributed by atoms with Gasteiger partial charge in [0.05, 0.1) is 0 Å². The minimum atomic E-state index is -6.00. The summed E-state index contributed by atoms with van der Waals surface area (Å²) in [6, 6.07) is 19.9. The molecule has 0 aliphatic rings. The van der Waals surface area contributed by atoms with Crippen molar-refractivity contribution in [2.24, 2.45) is 0 Å². The summed E-state index contributed by atoms with van der Waals surface area (Å²) < 4.78 is 42.0. The fourth-order valence-corrected chi connectivity index (χ4v) is 3.83. The molecule has 0 N–H and O–H groups in total. The van der Waals surface area contributed by atoms with E-state index in [1.807, 2.05) is 0 Å². The lowest BCUT2D eigenvalue weighted by Gasteiger charge is -2.18. The zero-order chi connectivity index (χ0) is 16.8. The van der Waals surface area contributed by atoms with Crippen LogP contribution in [0.2, 0.25) is 0 Å². The van der Waals surface area contributed by atoms with Gasteiger partial charge in [0.2, 0.25) is 0 Å². The lowest BCUT2D eigenvalue weighted by atomic mass is 9.87. The maximum Gasteiger partial charge on any atom is 0.673 e. The highest BCUT2D eigenvalue weighted by atomic mass is 127. The first kappa shape index (κ1) is 19.0. The number of halogens is 5. The van der Waals surface area contributed by atoms with Crippen LogP contribution in [-0.2, 0) is 5.41 Å². The number of hydrogen-bond donors (Lipinski definition) is 0. The molecule has 22 heavy (non-hydrogen) atoms. The Labute approximate surface area is 139 Å². The van der Waals surface area contributed by atoms with Crippen LogP contribution in [0.1, 0.15) is 26.3 Å². The predicted molar refractivity (Wildman–Crippen MR) is 79.2 cm³/mol. The smallest absolute Gasteiger partial charge is 0.418 e. The van der Waals surface area contributed by atoms with Crippen molar-refractivity contribution in [3.63, 3.8) is 0 Å². The first-order chi connectivity index (χ1) is 10.1. The SMILES string of the molecule is CC(C)(C)c1ccc([I+]c2ccccc2)cc1.F[B-](F)(F)F. The molecule has 2 rings (SSSR count). The van der Waals surface area contributed by atoms with E-state index in [0.29, 0.717) is 0 Å². The van der Waals surface area contributed by atoms with E-state index in [1.54, 1.807) is 0 Å². The highest BCUT2D eigenvalue weighted by Crippen LogP contribution is 2.20. The maximum absolute atomic E-state index is 9.75. The largest absolute Gasteiger partial charge is 0.673 e. The molecule has 0 fully saturated rings. The molecule has 0 nitrogen and oxygen atoms in total. The topological polar surface area (TPSA) is 0 Å².